The fraction of sp³-hybridized carbons (Fsp3) is 0.211. The van der Waals surface area contributed by atoms with Crippen molar-refractivity contribution in [3.63, 3.8) is 0 Å². The fourth-order valence-corrected chi connectivity index (χ4v) is 4.33. The number of thioether (sulfide) groups is 1. The number of imide groups is 1. The van der Waals surface area contributed by atoms with Crippen molar-refractivity contribution in [2.45, 2.75) is 17.9 Å². The molecule has 2 aliphatic rings. The molecule has 2 aromatic rings. The Morgan fingerprint density at radius 2 is 1.64 bits per heavy atom. The molecule has 0 saturated carbocycles. The van der Waals surface area contributed by atoms with E-state index in [1.54, 1.807) is 40.9 Å². The third-order valence-electron chi connectivity index (χ3n) is 4.49. The topological polar surface area (TPSA) is 57.7 Å². The Kier molecular flexibility index (Phi) is 3.84. The minimum absolute atomic E-state index is 0.00239. The SMILES string of the molecule is CC1CSc2ccccc2N1C(=O)CN1C(=O)c2ccccc2C1=O. The van der Waals surface area contributed by atoms with Gasteiger partial charge in [0.1, 0.15) is 6.54 Å². The summed E-state index contributed by atoms with van der Waals surface area (Å²) >= 11 is 1.71. The summed E-state index contributed by atoms with van der Waals surface area (Å²) < 4.78 is 0. The molecular formula is C19H16N2O3S. The number of rotatable bonds is 2. The Hall–Kier alpha value is -2.60. The van der Waals surface area contributed by atoms with Crippen LogP contribution in [0.25, 0.3) is 0 Å². The highest BCUT2D eigenvalue weighted by molar-refractivity contribution is 7.99. The number of fused-ring (bicyclic) bond motifs is 2. The summed E-state index contributed by atoms with van der Waals surface area (Å²) in [6, 6.07) is 14.4. The van der Waals surface area contributed by atoms with Crippen molar-refractivity contribution < 1.29 is 14.4 Å². The number of amides is 3. The minimum Gasteiger partial charge on any atom is -0.306 e. The lowest BCUT2D eigenvalue weighted by Crippen LogP contribution is -2.48. The van der Waals surface area contributed by atoms with Crippen LogP contribution in [0.4, 0.5) is 5.69 Å². The molecule has 0 bridgehead atoms. The third kappa shape index (κ3) is 2.53. The molecule has 1 atom stereocenters. The van der Waals surface area contributed by atoms with Gasteiger partial charge in [-0.1, -0.05) is 24.3 Å². The van der Waals surface area contributed by atoms with Crippen molar-refractivity contribution in [3.05, 3.63) is 59.7 Å². The molecule has 0 spiro atoms. The second kappa shape index (κ2) is 6.04. The monoisotopic (exact) mass is 352 g/mol. The van der Waals surface area contributed by atoms with E-state index in [4.69, 9.17) is 0 Å². The van der Waals surface area contributed by atoms with Crippen molar-refractivity contribution in [3.8, 4) is 0 Å². The number of benzene rings is 2. The van der Waals surface area contributed by atoms with Crippen LogP contribution >= 0.6 is 11.8 Å². The van der Waals surface area contributed by atoms with E-state index in [0.717, 1.165) is 21.2 Å². The summed E-state index contributed by atoms with van der Waals surface area (Å²) in [5.41, 5.74) is 1.57. The van der Waals surface area contributed by atoms with Crippen LogP contribution in [0.15, 0.2) is 53.4 Å². The molecule has 0 fully saturated rings. The minimum atomic E-state index is -0.402. The molecule has 5 nitrogen and oxygen atoms in total. The molecule has 4 rings (SSSR count). The molecule has 126 valence electrons. The summed E-state index contributed by atoms with van der Waals surface area (Å²) in [5.74, 6) is -0.262. The number of nitrogens with zero attached hydrogens (tertiary/aromatic N) is 2. The van der Waals surface area contributed by atoms with E-state index in [-0.39, 0.29) is 18.5 Å². The molecule has 1 unspecified atom stereocenters. The first-order chi connectivity index (χ1) is 12.1. The van der Waals surface area contributed by atoms with E-state index in [1.807, 2.05) is 31.2 Å². The highest BCUT2D eigenvalue weighted by atomic mass is 32.2. The Balaban J connectivity index is 1.61. The van der Waals surface area contributed by atoms with E-state index < -0.39 is 11.8 Å². The number of carbonyl (C=O) groups excluding carboxylic acids is 3. The van der Waals surface area contributed by atoms with E-state index in [0.29, 0.717) is 11.1 Å². The quantitative estimate of drug-likeness (QED) is 0.780. The molecule has 0 radical (unpaired) electrons. The highest BCUT2D eigenvalue weighted by Crippen LogP contribution is 2.37. The first kappa shape index (κ1) is 15.9. The van der Waals surface area contributed by atoms with Crippen LogP contribution in [-0.2, 0) is 4.79 Å². The summed E-state index contributed by atoms with van der Waals surface area (Å²) in [4.78, 5) is 41.7. The number of carbonyl (C=O) groups is 3. The van der Waals surface area contributed by atoms with Gasteiger partial charge >= 0.3 is 0 Å². The molecule has 0 saturated heterocycles. The lowest BCUT2D eigenvalue weighted by Gasteiger charge is -2.35. The molecule has 6 heteroatoms. The van der Waals surface area contributed by atoms with Gasteiger partial charge in [0.2, 0.25) is 5.91 Å². The molecule has 2 aliphatic heterocycles. The highest BCUT2D eigenvalue weighted by Gasteiger charge is 2.38. The van der Waals surface area contributed by atoms with Gasteiger partial charge in [-0.15, -0.1) is 11.8 Å². The molecule has 0 aliphatic carbocycles. The van der Waals surface area contributed by atoms with Crippen LogP contribution < -0.4 is 4.90 Å². The molecule has 0 N–H and O–H groups in total. The van der Waals surface area contributed by atoms with Gasteiger partial charge in [0.25, 0.3) is 11.8 Å². The van der Waals surface area contributed by atoms with Crippen molar-refractivity contribution in [1.82, 2.24) is 4.90 Å². The zero-order valence-electron chi connectivity index (χ0n) is 13.6. The average molecular weight is 352 g/mol. The molecule has 3 amide bonds. The molecule has 25 heavy (non-hydrogen) atoms. The van der Waals surface area contributed by atoms with Crippen LogP contribution in [-0.4, -0.2) is 41.0 Å². The summed E-state index contributed by atoms with van der Waals surface area (Å²) in [7, 11) is 0. The summed E-state index contributed by atoms with van der Waals surface area (Å²) in [5, 5.41) is 0. The fourth-order valence-electron chi connectivity index (χ4n) is 3.27. The smallest absolute Gasteiger partial charge is 0.262 e. The number of anilines is 1. The number of hydrogen-bond donors (Lipinski definition) is 0. The molecular weight excluding hydrogens is 336 g/mol. The largest absolute Gasteiger partial charge is 0.306 e. The van der Waals surface area contributed by atoms with E-state index in [2.05, 4.69) is 0 Å². The van der Waals surface area contributed by atoms with Crippen molar-refractivity contribution in [2.24, 2.45) is 0 Å². The second-order valence-electron chi connectivity index (χ2n) is 6.13. The van der Waals surface area contributed by atoms with Crippen LogP contribution in [0.1, 0.15) is 27.6 Å². The first-order valence-corrected chi connectivity index (χ1v) is 9.05. The Bertz CT molecular complexity index is 861. The van der Waals surface area contributed by atoms with E-state index >= 15 is 0 Å². The van der Waals surface area contributed by atoms with Crippen molar-refractivity contribution in [2.75, 3.05) is 17.2 Å². The normalized spacial score (nSPS) is 19.0. The van der Waals surface area contributed by atoms with Gasteiger partial charge in [-0.25, -0.2) is 0 Å². The van der Waals surface area contributed by atoms with Crippen LogP contribution in [0, 0.1) is 0 Å². The molecule has 2 heterocycles. The standard InChI is InChI=1S/C19H16N2O3S/c1-12-11-25-16-9-5-4-8-15(16)21(12)17(22)10-20-18(23)13-6-2-3-7-14(13)19(20)24/h2-9,12H,10-11H2,1H3. The maximum absolute atomic E-state index is 12.9. The Morgan fingerprint density at radius 3 is 2.32 bits per heavy atom. The second-order valence-corrected chi connectivity index (χ2v) is 7.20. The van der Waals surface area contributed by atoms with Gasteiger partial charge in [-0.3, -0.25) is 19.3 Å². The predicted octanol–water partition coefficient (Wildman–Crippen LogP) is 2.81. The van der Waals surface area contributed by atoms with Crippen LogP contribution in [0.2, 0.25) is 0 Å². The Labute approximate surface area is 149 Å². The lowest BCUT2D eigenvalue weighted by molar-refractivity contribution is -0.119. The van der Waals surface area contributed by atoms with Gasteiger partial charge in [0, 0.05) is 16.7 Å². The summed E-state index contributed by atoms with van der Waals surface area (Å²) in [6.07, 6.45) is 0. The molecule has 0 aromatic heterocycles. The van der Waals surface area contributed by atoms with E-state index in [1.165, 1.54) is 0 Å². The lowest BCUT2D eigenvalue weighted by atomic mass is 10.1. The van der Waals surface area contributed by atoms with Crippen LogP contribution in [0.3, 0.4) is 0 Å². The van der Waals surface area contributed by atoms with Crippen molar-refractivity contribution in [1.29, 1.82) is 0 Å². The Morgan fingerprint density at radius 1 is 1.04 bits per heavy atom. The van der Waals surface area contributed by atoms with E-state index in [9.17, 15) is 14.4 Å². The number of para-hydroxylation sites is 1. The maximum atomic E-state index is 12.9. The maximum Gasteiger partial charge on any atom is 0.262 e. The predicted molar refractivity (Wildman–Crippen MR) is 95.9 cm³/mol. The first-order valence-electron chi connectivity index (χ1n) is 8.07. The third-order valence-corrected chi connectivity index (χ3v) is 5.79. The average Bonchev–Trinajstić information content (AvgIpc) is 2.87. The van der Waals surface area contributed by atoms with Crippen molar-refractivity contribution >= 4 is 35.2 Å². The zero-order valence-corrected chi connectivity index (χ0v) is 14.5. The van der Waals surface area contributed by atoms with Gasteiger partial charge in [0.15, 0.2) is 0 Å². The molecule has 2 aromatic carbocycles. The van der Waals surface area contributed by atoms with Gasteiger partial charge < -0.3 is 4.90 Å². The van der Waals surface area contributed by atoms with Gasteiger partial charge in [0.05, 0.1) is 16.8 Å². The summed E-state index contributed by atoms with van der Waals surface area (Å²) in [6.45, 7) is 1.74. The van der Waals surface area contributed by atoms with Gasteiger partial charge in [-0.2, -0.15) is 0 Å². The zero-order chi connectivity index (χ0) is 17.6. The number of hydrogen-bond acceptors (Lipinski definition) is 4. The van der Waals surface area contributed by atoms with Crippen LogP contribution in [0.5, 0.6) is 0 Å². The van der Waals surface area contributed by atoms with Gasteiger partial charge in [-0.05, 0) is 31.2 Å².